The number of hydrogen-bond donors (Lipinski definition) is 4. The molecule has 9 heteroatoms. The largest absolute Gasteiger partial charge is 0.481 e. The van der Waals surface area contributed by atoms with Crippen LogP contribution in [0.1, 0.15) is 46.5 Å². The van der Waals surface area contributed by atoms with E-state index in [4.69, 9.17) is 15.1 Å². The second-order valence-corrected chi connectivity index (χ2v) is 6.51. The highest BCUT2D eigenvalue weighted by atomic mass is 16.6. The second-order valence-electron chi connectivity index (χ2n) is 6.51. The number of nitrogens with one attached hydrogen (secondary N) is 3. The van der Waals surface area contributed by atoms with Gasteiger partial charge in [0.2, 0.25) is 0 Å². The van der Waals surface area contributed by atoms with E-state index in [-0.39, 0.29) is 18.5 Å². The number of amides is 2. The van der Waals surface area contributed by atoms with Crippen molar-refractivity contribution >= 4 is 18.0 Å². The molecule has 0 heterocycles. The lowest BCUT2D eigenvalue weighted by atomic mass is 10.2. The lowest BCUT2D eigenvalue weighted by molar-refractivity contribution is -0.137. The van der Waals surface area contributed by atoms with Crippen LogP contribution < -0.4 is 16.0 Å². The number of carbonyl (C=O) groups is 3. The zero-order chi connectivity index (χ0) is 20.0. The van der Waals surface area contributed by atoms with Gasteiger partial charge in [-0.15, -0.1) is 0 Å². The monoisotopic (exact) mass is 368 g/mol. The fourth-order valence-electron chi connectivity index (χ4n) is 1.75. The molecule has 0 unspecified atom stereocenters. The van der Waals surface area contributed by atoms with Crippen molar-refractivity contribution in [3.63, 3.8) is 0 Å². The summed E-state index contributed by atoms with van der Waals surface area (Å²) in [6.07, 6.45) is 2.75. The third-order valence-corrected chi connectivity index (χ3v) is 2.90. The smallest absolute Gasteiger partial charge is 0.407 e. The Morgan fingerprint density at radius 2 is 1.77 bits per heavy atom. The molecule has 0 fully saturated rings. The molecular formula is C17H28N4O5. The summed E-state index contributed by atoms with van der Waals surface area (Å²) in [5.74, 6) is -1.34. The summed E-state index contributed by atoms with van der Waals surface area (Å²) in [6, 6.07) is 1.80. The number of rotatable bonds is 11. The Kier molecular flexibility index (Phi) is 11.2. The van der Waals surface area contributed by atoms with Crippen LogP contribution in [0, 0.1) is 11.3 Å². The molecule has 146 valence electrons. The van der Waals surface area contributed by atoms with Crippen molar-refractivity contribution in [3.8, 4) is 6.07 Å². The van der Waals surface area contributed by atoms with Crippen molar-refractivity contribution < 1.29 is 24.2 Å². The maximum Gasteiger partial charge on any atom is 0.407 e. The molecule has 9 nitrogen and oxygen atoms in total. The van der Waals surface area contributed by atoms with Crippen LogP contribution >= 0.6 is 0 Å². The van der Waals surface area contributed by atoms with Crippen LogP contribution in [0.5, 0.6) is 0 Å². The van der Waals surface area contributed by atoms with Crippen LogP contribution in [0.15, 0.2) is 11.8 Å². The van der Waals surface area contributed by atoms with Gasteiger partial charge >= 0.3 is 12.1 Å². The van der Waals surface area contributed by atoms with E-state index in [1.807, 2.05) is 0 Å². The predicted molar refractivity (Wildman–Crippen MR) is 95.0 cm³/mol. The molecule has 4 N–H and O–H groups in total. The van der Waals surface area contributed by atoms with Crippen molar-refractivity contribution in [1.82, 2.24) is 16.0 Å². The molecule has 0 radical (unpaired) electrons. The summed E-state index contributed by atoms with van der Waals surface area (Å²) in [5, 5.41) is 25.4. The maximum atomic E-state index is 11.8. The second kappa shape index (κ2) is 12.6. The average molecular weight is 368 g/mol. The van der Waals surface area contributed by atoms with Gasteiger partial charge in [0.1, 0.15) is 17.2 Å². The fraction of sp³-hybridized carbons (Fsp3) is 0.647. The lowest BCUT2D eigenvalue weighted by Gasteiger charge is -2.19. The van der Waals surface area contributed by atoms with E-state index in [2.05, 4.69) is 16.0 Å². The van der Waals surface area contributed by atoms with Crippen molar-refractivity contribution in [3.05, 3.63) is 11.8 Å². The van der Waals surface area contributed by atoms with E-state index in [0.717, 1.165) is 0 Å². The molecular weight excluding hydrogens is 340 g/mol. The summed E-state index contributed by atoms with van der Waals surface area (Å²) in [6.45, 7) is 6.26. The van der Waals surface area contributed by atoms with E-state index >= 15 is 0 Å². The van der Waals surface area contributed by atoms with Gasteiger partial charge in [0.15, 0.2) is 0 Å². The molecule has 0 aromatic rings. The zero-order valence-electron chi connectivity index (χ0n) is 15.6. The lowest BCUT2D eigenvalue weighted by Crippen LogP contribution is -2.35. The quantitative estimate of drug-likeness (QED) is 0.244. The van der Waals surface area contributed by atoms with Gasteiger partial charge in [-0.1, -0.05) is 6.42 Å². The van der Waals surface area contributed by atoms with Gasteiger partial charge in [0, 0.05) is 32.3 Å². The van der Waals surface area contributed by atoms with Crippen LogP contribution in [-0.2, 0) is 14.3 Å². The summed E-state index contributed by atoms with van der Waals surface area (Å²) < 4.78 is 5.07. The van der Waals surface area contributed by atoms with Gasteiger partial charge in [0.25, 0.3) is 5.91 Å². The highest BCUT2D eigenvalue weighted by Crippen LogP contribution is 2.06. The van der Waals surface area contributed by atoms with Crippen LogP contribution in [0.3, 0.4) is 0 Å². The number of nitriles is 1. The molecule has 0 aliphatic rings. The molecule has 0 aromatic heterocycles. The molecule has 0 saturated carbocycles. The number of unbranched alkanes of at least 4 members (excludes halogenated alkanes) is 2. The minimum absolute atomic E-state index is 0.0761. The molecule has 0 atom stereocenters. The number of carboxylic acid groups (broad SMARTS) is 1. The zero-order valence-corrected chi connectivity index (χ0v) is 15.6. The first-order chi connectivity index (χ1) is 12.2. The Hall–Kier alpha value is -2.76. The SMILES string of the molecule is CC(C)(C)OC(=O)NCCN/C=C(/C#N)C(=O)NCCCCCC(=O)O. The third-order valence-electron chi connectivity index (χ3n) is 2.90. The number of aliphatic carboxylic acids is 1. The average Bonchev–Trinajstić information content (AvgIpc) is 2.52. The molecule has 26 heavy (non-hydrogen) atoms. The Labute approximate surface area is 153 Å². The fourth-order valence-corrected chi connectivity index (χ4v) is 1.75. The Morgan fingerprint density at radius 3 is 2.35 bits per heavy atom. The molecule has 0 spiro atoms. The van der Waals surface area contributed by atoms with Crippen molar-refractivity contribution in [2.75, 3.05) is 19.6 Å². The molecule has 0 aliphatic carbocycles. The Bertz CT molecular complexity index is 546. The molecule has 0 bridgehead atoms. The first kappa shape index (κ1) is 23.2. The molecule has 0 aromatic carbocycles. The van der Waals surface area contributed by atoms with Crippen LogP contribution in [0.4, 0.5) is 4.79 Å². The van der Waals surface area contributed by atoms with Crippen molar-refractivity contribution in [2.24, 2.45) is 0 Å². The standard InChI is InChI=1S/C17H28N4O5/c1-17(2,3)26-16(25)21-10-9-19-12-13(11-18)15(24)20-8-6-4-5-7-14(22)23/h12,19H,4-10H2,1-3H3,(H,20,24)(H,21,25)(H,22,23)/b13-12-. The van der Waals surface area contributed by atoms with Crippen LogP contribution in [0.2, 0.25) is 0 Å². The van der Waals surface area contributed by atoms with Gasteiger partial charge < -0.3 is 25.8 Å². The number of carboxylic acids is 1. The van der Waals surface area contributed by atoms with Crippen LogP contribution in [-0.4, -0.2) is 48.3 Å². The molecule has 0 aliphatic heterocycles. The number of ether oxygens (including phenoxy) is 1. The first-order valence-corrected chi connectivity index (χ1v) is 8.46. The van der Waals surface area contributed by atoms with E-state index in [0.29, 0.717) is 32.4 Å². The highest BCUT2D eigenvalue weighted by molar-refractivity contribution is 5.97. The van der Waals surface area contributed by atoms with Gasteiger partial charge in [0.05, 0.1) is 0 Å². The van der Waals surface area contributed by atoms with Crippen LogP contribution in [0.25, 0.3) is 0 Å². The maximum absolute atomic E-state index is 11.8. The Balaban J connectivity index is 3.97. The summed E-state index contributed by atoms with van der Waals surface area (Å²) in [7, 11) is 0. The van der Waals surface area contributed by atoms with E-state index in [1.165, 1.54) is 6.20 Å². The summed E-state index contributed by atoms with van der Waals surface area (Å²) in [4.78, 5) is 33.6. The normalized spacial score (nSPS) is 11.2. The van der Waals surface area contributed by atoms with E-state index in [9.17, 15) is 14.4 Å². The predicted octanol–water partition coefficient (Wildman–Crippen LogP) is 1.27. The number of hydrogen-bond acceptors (Lipinski definition) is 6. The van der Waals surface area contributed by atoms with Gasteiger partial charge in [-0.05, 0) is 33.6 Å². The number of alkyl carbamates (subject to hydrolysis) is 1. The number of nitrogens with zero attached hydrogens (tertiary/aromatic N) is 1. The topological polar surface area (TPSA) is 141 Å². The van der Waals surface area contributed by atoms with Crippen molar-refractivity contribution in [1.29, 1.82) is 5.26 Å². The molecule has 0 rings (SSSR count). The summed E-state index contributed by atoms with van der Waals surface area (Å²) >= 11 is 0. The van der Waals surface area contributed by atoms with E-state index in [1.54, 1.807) is 26.8 Å². The molecule has 2 amide bonds. The first-order valence-electron chi connectivity index (χ1n) is 8.46. The minimum Gasteiger partial charge on any atom is -0.481 e. The minimum atomic E-state index is -0.837. The third kappa shape index (κ3) is 13.7. The molecule has 0 saturated heterocycles. The number of carbonyl (C=O) groups excluding carboxylic acids is 2. The van der Waals surface area contributed by atoms with E-state index < -0.39 is 23.6 Å². The van der Waals surface area contributed by atoms with Gasteiger partial charge in [-0.3, -0.25) is 9.59 Å². The van der Waals surface area contributed by atoms with Gasteiger partial charge in [-0.2, -0.15) is 5.26 Å². The Morgan fingerprint density at radius 1 is 1.08 bits per heavy atom. The summed E-state index contributed by atoms with van der Waals surface area (Å²) in [5.41, 5.74) is -0.648. The highest BCUT2D eigenvalue weighted by Gasteiger charge is 2.15. The van der Waals surface area contributed by atoms with Crippen molar-refractivity contribution in [2.45, 2.75) is 52.1 Å². The van der Waals surface area contributed by atoms with Gasteiger partial charge in [-0.25, -0.2) is 4.79 Å².